The summed E-state index contributed by atoms with van der Waals surface area (Å²) in [6.45, 7) is 4.18. The molecule has 3 aromatic heterocycles. The summed E-state index contributed by atoms with van der Waals surface area (Å²) in [6, 6.07) is 8.75. The summed E-state index contributed by atoms with van der Waals surface area (Å²) in [5, 5.41) is 10.4. The van der Waals surface area contributed by atoms with Crippen LogP contribution in [0, 0.1) is 13.8 Å². The van der Waals surface area contributed by atoms with Gasteiger partial charge in [0.25, 0.3) is 11.6 Å². The minimum absolute atomic E-state index is 0.0911. The predicted octanol–water partition coefficient (Wildman–Crippen LogP) is 3.22. The van der Waals surface area contributed by atoms with Crippen LogP contribution in [0.4, 0.5) is 18.9 Å². The molecule has 4 rings (SSSR count). The Morgan fingerprint density at radius 3 is 2.73 bits per heavy atom. The summed E-state index contributed by atoms with van der Waals surface area (Å²) >= 11 is 0. The molecule has 1 N–H and O–H groups in total. The highest BCUT2D eigenvalue weighted by molar-refractivity contribution is 5.92. The van der Waals surface area contributed by atoms with Crippen molar-refractivity contribution in [3.63, 3.8) is 0 Å². The second-order valence-electron chi connectivity index (χ2n) is 7.28. The second-order valence-corrected chi connectivity index (χ2v) is 7.28. The smallest absolute Gasteiger partial charge is 0.453 e. The molecule has 1 amide bonds. The Balaban J connectivity index is 1.44. The molecule has 12 heteroatoms. The summed E-state index contributed by atoms with van der Waals surface area (Å²) in [6.07, 6.45) is -1.26. The molecule has 172 valence electrons. The van der Waals surface area contributed by atoms with Gasteiger partial charge in [-0.05, 0) is 32.0 Å². The Morgan fingerprint density at radius 1 is 1.18 bits per heavy atom. The molecule has 33 heavy (non-hydrogen) atoms. The van der Waals surface area contributed by atoms with Crippen LogP contribution in [0.5, 0.6) is 5.75 Å². The number of anilines is 1. The van der Waals surface area contributed by atoms with E-state index in [4.69, 9.17) is 4.74 Å². The topological polar surface area (TPSA) is 99.2 Å². The molecular formula is C21H20F3N7O2. The van der Waals surface area contributed by atoms with Gasteiger partial charge in [-0.25, -0.2) is 9.50 Å². The van der Waals surface area contributed by atoms with E-state index < -0.39 is 12.0 Å². The van der Waals surface area contributed by atoms with Crippen molar-refractivity contribution in [1.29, 1.82) is 0 Å². The lowest BCUT2D eigenvalue weighted by Gasteiger charge is -2.12. The molecule has 0 atom stereocenters. The van der Waals surface area contributed by atoms with Gasteiger partial charge in [-0.3, -0.25) is 9.48 Å². The maximum absolute atomic E-state index is 12.9. The number of carbonyl (C=O) groups is 1. The molecule has 0 aliphatic rings. The molecule has 4 aromatic rings. The number of ether oxygens (including phenoxy) is 1. The van der Waals surface area contributed by atoms with Crippen LogP contribution in [0.2, 0.25) is 0 Å². The number of carbonyl (C=O) groups excluding carboxylic acids is 1. The first-order valence-electron chi connectivity index (χ1n) is 10.0. The lowest BCUT2D eigenvalue weighted by atomic mass is 10.1. The highest BCUT2D eigenvalue weighted by atomic mass is 19.4. The monoisotopic (exact) mass is 459 g/mol. The van der Waals surface area contributed by atoms with Crippen molar-refractivity contribution in [1.82, 2.24) is 29.4 Å². The van der Waals surface area contributed by atoms with Gasteiger partial charge in [0.15, 0.2) is 0 Å². The van der Waals surface area contributed by atoms with E-state index in [9.17, 15) is 18.0 Å². The molecule has 0 aliphatic carbocycles. The van der Waals surface area contributed by atoms with E-state index >= 15 is 0 Å². The molecule has 0 radical (unpaired) electrons. The SMILES string of the molecule is Cc1nc2nc(C(F)(F)F)nn2c(C)c1CC(=O)Nc1cccc(OCCn2cccn2)c1. The fraction of sp³-hybridized carbons (Fsp3) is 0.286. The molecule has 0 bridgehead atoms. The number of nitrogens with one attached hydrogen (secondary N) is 1. The first kappa shape index (κ1) is 22.2. The number of aromatic nitrogens is 6. The van der Waals surface area contributed by atoms with Gasteiger partial charge in [0.1, 0.15) is 12.4 Å². The van der Waals surface area contributed by atoms with Crippen LogP contribution in [-0.2, 0) is 23.9 Å². The first-order valence-corrected chi connectivity index (χ1v) is 10.0. The molecule has 0 aliphatic heterocycles. The fourth-order valence-electron chi connectivity index (χ4n) is 3.30. The van der Waals surface area contributed by atoms with Crippen LogP contribution in [0.25, 0.3) is 5.78 Å². The standard InChI is InChI=1S/C21H20F3N7O2/c1-13-17(14(2)31-20(26-13)28-19(29-31)21(22,23)24)12-18(32)27-15-5-3-6-16(11-15)33-10-9-30-8-4-7-25-30/h3-8,11H,9-10,12H2,1-2H3,(H,27,32). The van der Waals surface area contributed by atoms with Gasteiger partial charge in [-0.15, -0.1) is 5.10 Å². The van der Waals surface area contributed by atoms with Crippen molar-refractivity contribution < 1.29 is 22.7 Å². The van der Waals surface area contributed by atoms with E-state index in [2.05, 4.69) is 25.5 Å². The largest absolute Gasteiger partial charge is 0.492 e. The first-order chi connectivity index (χ1) is 15.7. The quantitative estimate of drug-likeness (QED) is 0.456. The Kier molecular flexibility index (Phi) is 5.99. The van der Waals surface area contributed by atoms with Gasteiger partial charge in [0, 0.05) is 41.1 Å². The summed E-state index contributed by atoms with van der Waals surface area (Å²) in [4.78, 5) is 20.2. The number of fused-ring (bicyclic) bond motifs is 1. The molecule has 0 spiro atoms. The van der Waals surface area contributed by atoms with E-state index in [1.54, 1.807) is 49.0 Å². The van der Waals surface area contributed by atoms with Crippen LogP contribution in [0.1, 0.15) is 22.8 Å². The third kappa shape index (κ3) is 5.10. The maximum Gasteiger partial charge on any atom is 0.453 e. The van der Waals surface area contributed by atoms with E-state index in [1.165, 1.54) is 0 Å². The molecule has 0 saturated carbocycles. The zero-order chi connectivity index (χ0) is 23.6. The van der Waals surface area contributed by atoms with Crippen molar-refractivity contribution in [2.75, 3.05) is 11.9 Å². The molecule has 3 heterocycles. The number of nitrogens with zero attached hydrogens (tertiary/aromatic N) is 6. The van der Waals surface area contributed by atoms with Gasteiger partial charge in [-0.1, -0.05) is 6.07 Å². The molecule has 0 fully saturated rings. The van der Waals surface area contributed by atoms with Gasteiger partial charge in [0.05, 0.1) is 13.0 Å². The lowest BCUT2D eigenvalue weighted by molar-refractivity contribution is -0.144. The minimum Gasteiger partial charge on any atom is -0.492 e. The number of hydrogen-bond donors (Lipinski definition) is 1. The Labute approximate surface area is 186 Å². The number of hydrogen-bond acceptors (Lipinski definition) is 6. The van der Waals surface area contributed by atoms with Crippen molar-refractivity contribution in [2.45, 2.75) is 33.0 Å². The van der Waals surface area contributed by atoms with E-state index in [0.29, 0.717) is 41.5 Å². The highest BCUT2D eigenvalue weighted by Crippen LogP contribution is 2.27. The normalized spacial score (nSPS) is 11.7. The summed E-state index contributed by atoms with van der Waals surface area (Å²) < 4.78 is 47.3. The summed E-state index contributed by atoms with van der Waals surface area (Å²) in [7, 11) is 0. The van der Waals surface area contributed by atoms with Crippen LogP contribution < -0.4 is 10.1 Å². The molecule has 0 saturated heterocycles. The van der Waals surface area contributed by atoms with Crippen molar-refractivity contribution in [2.24, 2.45) is 0 Å². The zero-order valence-corrected chi connectivity index (χ0v) is 17.8. The van der Waals surface area contributed by atoms with Crippen molar-refractivity contribution in [3.05, 3.63) is 65.5 Å². The Morgan fingerprint density at radius 2 is 2.00 bits per heavy atom. The fourth-order valence-corrected chi connectivity index (χ4v) is 3.30. The van der Waals surface area contributed by atoms with Crippen LogP contribution in [-0.4, -0.2) is 41.9 Å². The van der Waals surface area contributed by atoms with Gasteiger partial charge in [-0.2, -0.15) is 23.3 Å². The lowest BCUT2D eigenvalue weighted by Crippen LogP contribution is -2.18. The van der Waals surface area contributed by atoms with Gasteiger partial charge in [0.2, 0.25) is 5.91 Å². The zero-order valence-electron chi connectivity index (χ0n) is 17.8. The number of alkyl halides is 3. The molecule has 9 nitrogen and oxygen atoms in total. The van der Waals surface area contributed by atoms with Gasteiger partial charge >= 0.3 is 6.18 Å². The Hall–Kier alpha value is -3.96. The Bertz CT molecular complexity index is 1280. The molecular weight excluding hydrogens is 439 g/mol. The summed E-state index contributed by atoms with van der Waals surface area (Å²) in [5.41, 5.74) is 1.78. The van der Waals surface area contributed by atoms with Crippen molar-refractivity contribution in [3.8, 4) is 5.75 Å². The van der Waals surface area contributed by atoms with E-state index in [-0.39, 0.29) is 18.1 Å². The van der Waals surface area contributed by atoms with E-state index in [1.807, 2.05) is 12.3 Å². The number of halogens is 3. The molecule has 1 aromatic carbocycles. The number of aryl methyl sites for hydroxylation is 2. The third-order valence-corrected chi connectivity index (χ3v) is 4.91. The highest BCUT2D eigenvalue weighted by Gasteiger charge is 2.37. The van der Waals surface area contributed by atoms with Crippen LogP contribution in [0.15, 0.2) is 42.7 Å². The third-order valence-electron chi connectivity index (χ3n) is 4.91. The summed E-state index contributed by atoms with van der Waals surface area (Å²) in [5.74, 6) is -1.21. The van der Waals surface area contributed by atoms with Crippen LogP contribution >= 0.6 is 0 Å². The predicted molar refractivity (Wildman–Crippen MR) is 112 cm³/mol. The van der Waals surface area contributed by atoms with Gasteiger partial charge < -0.3 is 10.1 Å². The van der Waals surface area contributed by atoms with Crippen LogP contribution in [0.3, 0.4) is 0 Å². The molecule has 0 unspecified atom stereocenters. The number of benzene rings is 1. The second kappa shape index (κ2) is 8.88. The minimum atomic E-state index is -4.68. The van der Waals surface area contributed by atoms with Crippen molar-refractivity contribution >= 4 is 17.4 Å². The number of rotatable bonds is 7. The average Bonchev–Trinajstić information content (AvgIpc) is 3.41. The van der Waals surface area contributed by atoms with E-state index in [0.717, 1.165) is 4.52 Å². The maximum atomic E-state index is 12.9. The number of amides is 1. The average molecular weight is 459 g/mol.